The zero-order valence-electron chi connectivity index (χ0n) is 11.8. The number of benzene rings is 2. The molecule has 2 aromatic carbocycles. The molecule has 0 heterocycles. The van der Waals surface area contributed by atoms with Crippen molar-refractivity contribution >= 4 is 12.0 Å². The predicted molar refractivity (Wildman–Crippen MR) is 78.9 cm³/mol. The molecule has 0 aromatic heterocycles. The lowest BCUT2D eigenvalue weighted by molar-refractivity contribution is -0.128. The quantitative estimate of drug-likeness (QED) is 0.478. The van der Waals surface area contributed by atoms with Gasteiger partial charge in [0.1, 0.15) is 11.5 Å². The summed E-state index contributed by atoms with van der Waals surface area (Å²) in [6.45, 7) is -2.88. The van der Waals surface area contributed by atoms with Crippen LogP contribution in [0.1, 0.15) is 11.1 Å². The van der Waals surface area contributed by atoms with E-state index in [0.29, 0.717) is 16.9 Å². The molecule has 0 aliphatic heterocycles. The van der Waals surface area contributed by atoms with E-state index in [1.54, 1.807) is 0 Å². The molecule has 0 spiro atoms. The van der Waals surface area contributed by atoms with Gasteiger partial charge in [0.15, 0.2) is 0 Å². The molecule has 0 aliphatic rings. The summed E-state index contributed by atoms with van der Waals surface area (Å²) in [5.74, 6) is -0.237. The molecule has 0 unspecified atom stereocenters. The van der Waals surface area contributed by atoms with Crippen LogP contribution >= 0.6 is 0 Å². The highest BCUT2D eigenvalue weighted by atomic mass is 19.3. The van der Waals surface area contributed by atoms with Gasteiger partial charge in [0, 0.05) is 6.08 Å². The molecule has 2 aromatic rings. The lowest BCUT2D eigenvalue weighted by Crippen LogP contribution is -2.03. The molecular formula is C17H11F2NO3. The third kappa shape index (κ3) is 5.25. The number of carbonyl (C=O) groups is 1. The Morgan fingerprint density at radius 1 is 1.04 bits per heavy atom. The van der Waals surface area contributed by atoms with Crippen LogP contribution in [0.2, 0.25) is 0 Å². The monoisotopic (exact) mass is 315 g/mol. The second-order valence-electron chi connectivity index (χ2n) is 4.34. The number of hydrogen-bond donors (Lipinski definition) is 0. The second kappa shape index (κ2) is 7.71. The summed E-state index contributed by atoms with van der Waals surface area (Å²) in [4.78, 5) is 11.7. The van der Waals surface area contributed by atoms with Crippen LogP contribution in [0.4, 0.5) is 8.78 Å². The van der Waals surface area contributed by atoms with Crippen LogP contribution in [0.15, 0.2) is 54.6 Å². The van der Waals surface area contributed by atoms with Crippen LogP contribution in [-0.4, -0.2) is 12.6 Å². The molecule has 4 nitrogen and oxygen atoms in total. The van der Waals surface area contributed by atoms with E-state index in [4.69, 9.17) is 10.00 Å². The zero-order valence-corrected chi connectivity index (χ0v) is 11.8. The zero-order chi connectivity index (χ0) is 16.7. The second-order valence-corrected chi connectivity index (χ2v) is 4.34. The Labute approximate surface area is 131 Å². The summed E-state index contributed by atoms with van der Waals surface area (Å²) in [5.41, 5.74) is 1.09. The number of ether oxygens (including phenoxy) is 2. The number of alkyl halides is 2. The van der Waals surface area contributed by atoms with Gasteiger partial charge in [-0.05, 0) is 48.0 Å². The lowest BCUT2D eigenvalue weighted by Gasteiger charge is -2.04. The highest BCUT2D eigenvalue weighted by molar-refractivity contribution is 5.88. The largest absolute Gasteiger partial charge is 0.435 e. The first-order chi connectivity index (χ1) is 11.1. The van der Waals surface area contributed by atoms with Gasteiger partial charge in [-0.2, -0.15) is 14.0 Å². The molecule has 0 fully saturated rings. The van der Waals surface area contributed by atoms with Gasteiger partial charge in [-0.3, -0.25) is 0 Å². The summed E-state index contributed by atoms with van der Waals surface area (Å²) in [7, 11) is 0. The van der Waals surface area contributed by atoms with Crippen LogP contribution in [0.5, 0.6) is 11.5 Å². The lowest BCUT2D eigenvalue weighted by atomic mass is 10.2. The maximum Gasteiger partial charge on any atom is 0.387 e. The van der Waals surface area contributed by atoms with Gasteiger partial charge in [0.05, 0.1) is 11.6 Å². The van der Waals surface area contributed by atoms with E-state index in [2.05, 4.69) is 4.74 Å². The highest BCUT2D eigenvalue weighted by Crippen LogP contribution is 2.16. The van der Waals surface area contributed by atoms with Crippen molar-refractivity contribution in [3.8, 4) is 17.6 Å². The number of rotatable bonds is 5. The minimum Gasteiger partial charge on any atom is -0.435 e. The molecule has 0 radical (unpaired) electrons. The molecule has 0 aliphatic carbocycles. The first-order valence-electron chi connectivity index (χ1n) is 6.52. The number of esters is 1. The predicted octanol–water partition coefficient (Wildman–Crippen LogP) is 3.78. The van der Waals surface area contributed by atoms with E-state index in [-0.39, 0.29) is 5.75 Å². The molecule has 23 heavy (non-hydrogen) atoms. The molecule has 0 saturated carbocycles. The van der Waals surface area contributed by atoms with Crippen molar-refractivity contribution < 1.29 is 23.0 Å². The first-order valence-corrected chi connectivity index (χ1v) is 6.52. The van der Waals surface area contributed by atoms with Crippen molar-refractivity contribution in [1.29, 1.82) is 5.26 Å². The first kappa shape index (κ1) is 16.2. The summed E-state index contributed by atoms with van der Waals surface area (Å²) in [6.07, 6.45) is 2.69. The minimum atomic E-state index is -2.88. The number of halogens is 2. The third-order valence-electron chi connectivity index (χ3n) is 2.72. The van der Waals surface area contributed by atoms with Crippen molar-refractivity contribution in [3.63, 3.8) is 0 Å². The number of hydrogen-bond acceptors (Lipinski definition) is 4. The van der Waals surface area contributed by atoms with E-state index in [1.807, 2.05) is 6.07 Å². The van der Waals surface area contributed by atoms with Gasteiger partial charge in [0.25, 0.3) is 0 Å². The van der Waals surface area contributed by atoms with Crippen LogP contribution in [0, 0.1) is 11.3 Å². The number of nitriles is 1. The molecule has 0 saturated heterocycles. The molecule has 6 heteroatoms. The van der Waals surface area contributed by atoms with Gasteiger partial charge >= 0.3 is 12.6 Å². The maximum absolute atomic E-state index is 12.0. The van der Waals surface area contributed by atoms with Crippen LogP contribution in [-0.2, 0) is 4.79 Å². The number of carbonyl (C=O) groups excluding carboxylic acids is 1. The van der Waals surface area contributed by atoms with Gasteiger partial charge in [-0.15, -0.1) is 0 Å². The minimum absolute atomic E-state index is 0.0392. The Hall–Kier alpha value is -3.20. The molecular weight excluding hydrogens is 304 g/mol. The SMILES string of the molecule is N#Cc1ccc(OC(=O)/C=C/c2ccc(OC(F)F)cc2)cc1. The fourth-order valence-corrected chi connectivity index (χ4v) is 1.67. The normalized spacial score (nSPS) is 10.5. The van der Waals surface area contributed by atoms with Gasteiger partial charge in [0.2, 0.25) is 0 Å². The standard InChI is InChI=1S/C17H11F2NO3/c18-17(19)23-15-6-1-12(2-7-15)5-10-16(21)22-14-8-3-13(11-20)4-9-14/h1-10,17H/b10-5+. The van der Waals surface area contributed by atoms with Crippen molar-refractivity contribution in [2.75, 3.05) is 0 Å². The Bertz CT molecular complexity index is 732. The fourth-order valence-electron chi connectivity index (χ4n) is 1.67. The summed E-state index contributed by atoms with van der Waals surface area (Å²) in [6, 6.07) is 13.9. The van der Waals surface area contributed by atoms with E-state index >= 15 is 0 Å². The topological polar surface area (TPSA) is 59.3 Å². The van der Waals surface area contributed by atoms with E-state index < -0.39 is 12.6 Å². The highest BCUT2D eigenvalue weighted by Gasteiger charge is 2.03. The Morgan fingerprint density at radius 3 is 2.22 bits per heavy atom. The van der Waals surface area contributed by atoms with Gasteiger partial charge < -0.3 is 9.47 Å². The Morgan fingerprint density at radius 2 is 1.65 bits per heavy atom. The molecule has 0 N–H and O–H groups in total. The van der Waals surface area contributed by atoms with Crippen molar-refractivity contribution in [2.45, 2.75) is 6.61 Å². The summed E-state index contributed by atoms with van der Waals surface area (Å²) < 4.78 is 33.3. The van der Waals surface area contributed by atoms with Crippen LogP contribution < -0.4 is 9.47 Å². The van der Waals surface area contributed by atoms with E-state index in [1.165, 1.54) is 60.7 Å². The van der Waals surface area contributed by atoms with Crippen LogP contribution in [0.3, 0.4) is 0 Å². The average Bonchev–Trinajstić information content (AvgIpc) is 2.54. The smallest absolute Gasteiger partial charge is 0.387 e. The summed E-state index contributed by atoms with van der Waals surface area (Å²) >= 11 is 0. The van der Waals surface area contributed by atoms with Crippen molar-refractivity contribution in [2.24, 2.45) is 0 Å². The summed E-state index contributed by atoms with van der Waals surface area (Å²) in [5, 5.41) is 8.67. The van der Waals surface area contributed by atoms with Crippen molar-refractivity contribution in [3.05, 3.63) is 65.7 Å². The fraction of sp³-hybridized carbons (Fsp3) is 0.0588. The van der Waals surface area contributed by atoms with Crippen molar-refractivity contribution in [1.82, 2.24) is 0 Å². The third-order valence-corrected chi connectivity index (χ3v) is 2.72. The Balaban J connectivity index is 1.93. The molecule has 2 rings (SSSR count). The number of nitrogens with zero attached hydrogens (tertiary/aromatic N) is 1. The Kier molecular flexibility index (Phi) is 5.42. The van der Waals surface area contributed by atoms with Gasteiger partial charge in [-0.25, -0.2) is 4.79 Å². The van der Waals surface area contributed by atoms with E-state index in [9.17, 15) is 13.6 Å². The van der Waals surface area contributed by atoms with Gasteiger partial charge in [-0.1, -0.05) is 12.1 Å². The average molecular weight is 315 g/mol. The maximum atomic E-state index is 12.0. The van der Waals surface area contributed by atoms with E-state index in [0.717, 1.165) is 0 Å². The molecule has 0 atom stereocenters. The molecule has 0 amide bonds. The molecule has 0 bridgehead atoms. The van der Waals surface area contributed by atoms with Crippen LogP contribution in [0.25, 0.3) is 6.08 Å². The molecule has 116 valence electrons.